The second kappa shape index (κ2) is 9.15. The molecule has 0 aromatic heterocycles. The van der Waals surface area contributed by atoms with E-state index in [0.29, 0.717) is 18.0 Å². The monoisotopic (exact) mass is 336 g/mol. The summed E-state index contributed by atoms with van der Waals surface area (Å²) in [5, 5.41) is 2.86. The van der Waals surface area contributed by atoms with Crippen LogP contribution in [0.15, 0.2) is 24.3 Å². The Kier molecular flexibility index (Phi) is 7.55. The van der Waals surface area contributed by atoms with Crippen molar-refractivity contribution in [1.29, 1.82) is 0 Å². The fraction of sp³-hybridized carbons (Fsp3) is 0.556. The normalized spacial score (nSPS) is 10.9. The number of carbonyl (C=O) groups excluding carboxylic acids is 2. The van der Waals surface area contributed by atoms with Gasteiger partial charge in [0.15, 0.2) is 11.5 Å². The maximum atomic E-state index is 12.3. The lowest BCUT2D eigenvalue weighted by Crippen LogP contribution is -2.47. The molecule has 0 spiro atoms. The third-order valence-corrected chi connectivity index (χ3v) is 3.23. The van der Waals surface area contributed by atoms with Crippen LogP contribution < -0.4 is 14.8 Å². The first-order chi connectivity index (χ1) is 11.3. The maximum absolute atomic E-state index is 12.3. The lowest BCUT2D eigenvalue weighted by Gasteiger charge is -2.25. The van der Waals surface area contributed by atoms with Gasteiger partial charge < -0.3 is 19.7 Å². The van der Waals surface area contributed by atoms with Gasteiger partial charge >= 0.3 is 0 Å². The number of amides is 2. The third kappa shape index (κ3) is 6.89. The van der Waals surface area contributed by atoms with E-state index in [0.717, 1.165) is 0 Å². The Balaban J connectivity index is 2.48. The molecule has 2 amide bonds. The average molecular weight is 336 g/mol. The summed E-state index contributed by atoms with van der Waals surface area (Å²) in [7, 11) is 1.57. The number of hydrogen-bond donors (Lipinski definition) is 1. The number of nitrogens with one attached hydrogen (secondary N) is 1. The lowest BCUT2D eigenvalue weighted by atomic mass is 10.1. The number of nitrogens with zero attached hydrogens (tertiary/aromatic N) is 1. The van der Waals surface area contributed by atoms with Gasteiger partial charge in [0.1, 0.15) is 0 Å². The summed E-state index contributed by atoms with van der Waals surface area (Å²) in [6.45, 7) is 8.34. The molecule has 6 nitrogen and oxygen atoms in total. The molecule has 6 heteroatoms. The zero-order valence-electron chi connectivity index (χ0n) is 15.2. The van der Waals surface area contributed by atoms with Gasteiger partial charge in [-0.2, -0.15) is 0 Å². The van der Waals surface area contributed by atoms with Crippen molar-refractivity contribution in [2.24, 2.45) is 0 Å². The second-order valence-electron chi connectivity index (χ2n) is 6.46. The zero-order chi connectivity index (χ0) is 18.2. The van der Waals surface area contributed by atoms with E-state index in [-0.39, 0.29) is 36.9 Å². The molecule has 0 saturated heterocycles. The number of carbonyl (C=O) groups is 2. The van der Waals surface area contributed by atoms with Crippen molar-refractivity contribution in [3.05, 3.63) is 24.3 Å². The molecule has 0 saturated carbocycles. The number of rotatable bonds is 8. The van der Waals surface area contributed by atoms with Crippen LogP contribution in [0.25, 0.3) is 0 Å². The summed E-state index contributed by atoms with van der Waals surface area (Å²) < 4.78 is 10.8. The number of likely N-dealkylation sites (N-methyl/N-ethyl adjacent to an activating group) is 1. The van der Waals surface area contributed by atoms with Gasteiger partial charge in [-0.25, -0.2) is 0 Å². The highest BCUT2D eigenvalue weighted by molar-refractivity contribution is 5.85. The van der Waals surface area contributed by atoms with E-state index in [1.807, 2.05) is 39.8 Å². The molecular weight excluding hydrogens is 308 g/mol. The van der Waals surface area contributed by atoms with Gasteiger partial charge in [0, 0.05) is 12.1 Å². The van der Waals surface area contributed by atoms with Crippen molar-refractivity contribution < 1.29 is 19.1 Å². The van der Waals surface area contributed by atoms with Crippen molar-refractivity contribution in [3.8, 4) is 11.5 Å². The van der Waals surface area contributed by atoms with Gasteiger partial charge in [0.2, 0.25) is 11.8 Å². The van der Waals surface area contributed by atoms with Crippen molar-refractivity contribution in [3.63, 3.8) is 0 Å². The van der Waals surface area contributed by atoms with Gasteiger partial charge in [-0.15, -0.1) is 0 Å². The number of ether oxygens (including phenoxy) is 2. The van der Waals surface area contributed by atoms with Gasteiger partial charge in [-0.05, 0) is 39.8 Å². The molecule has 0 unspecified atom stereocenters. The van der Waals surface area contributed by atoms with Crippen LogP contribution in [-0.2, 0) is 9.59 Å². The highest BCUT2D eigenvalue weighted by Gasteiger charge is 2.19. The largest absolute Gasteiger partial charge is 0.493 e. The Morgan fingerprint density at radius 3 is 2.33 bits per heavy atom. The molecule has 134 valence electrons. The number of para-hydroxylation sites is 2. The van der Waals surface area contributed by atoms with Gasteiger partial charge in [0.05, 0.1) is 26.7 Å². The van der Waals surface area contributed by atoms with Crippen LogP contribution in [0.3, 0.4) is 0 Å². The van der Waals surface area contributed by atoms with E-state index in [4.69, 9.17) is 9.47 Å². The van der Waals surface area contributed by atoms with E-state index in [1.165, 1.54) is 4.90 Å². The minimum Gasteiger partial charge on any atom is -0.493 e. The summed E-state index contributed by atoms with van der Waals surface area (Å²) in [5.41, 5.74) is -0.313. The Labute approximate surface area is 144 Å². The molecule has 1 N–H and O–H groups in total. The molecule has 24 heavy (non-hydrogen) atoms. The summed E-state index contributed by atoms with van der Waals surface area (Å²) in [6.07, 6.45) is 0.203. The van der Waals surface area contributed by atoms with E-state index < -0.39 is 0 Å². The zero-order valence-corrected chi connectivity index (χ0v) is 15.2. The third-order valence-electron chi connectivity index (χ3n) is 3.23. The van der Waals surface area contributed by atoms with E-state index in [2.05, 4.69) is 5.32 Å². The predicted molar refractivity (Wildman–Crippen MR) is 93.3 cm³/mol. The molecule has 0 fully saturated rings. The molecule has 1 aromatic carbocycles. The molecule has 0 radical (unpaired) electrons. The Bertz CT molecular complexity index is 552. The number of benzene rings is 1. The van der Waals surface area contributed by atoms with Crippen molar-refractivity contribution in [2.75, 3.05) is 26.8 Å². The molecule has 0 aliphatic carbocycles. The fourth-order valence-electron chi connectivity index (χ4n) is 2.15. The number of methoxy groups -OCH3 is 1. The van der Waals surface area contributed by atoms with Crippen LogP contribution in [0.4, 0.5) is 0 Å². The van der Waals surface area contributed by atoms with Gasteiger partial charge in [-0.1, -0.05) is 12.1 Å². The van der Waals surface area contributed by atoms with Crippen molar-refractivity contribution in [2.45, 2.75) is 39.7 Å². The van der Waals surface area contributed by atoms with Crippen molar-refractivity contribution >= 4 is 11.8 Å². The highest BCUT2D eigenvalue weighted by atomic mass is 16.5. The summed E-state index contributed by atoms with van der Waals surface area (Å²) in [6, 6.07) is 7.28. The topological polar surface area (TPSA) is 67.9 Å². The van der Waals surface area contributed by atoms with E-state index in [9.17, 15) is 9.59 Å². The van der Waals surface area contributed by atoms with Crippen LogP contribution in [0.5, 0.6) is 11.5 Å². The SMILES string of the molecule is CCN(CC(=O)NC(C)(C)C)C(=O)CCOc1ccccc1OC. The minimum atomic E-state index is -0.313. The molecular formula is C18H28N2O4. The molecule has 0 atom stereocenters. The lowest BCUT2D eigenvalue weighted by molar-refractivity contribution is -0.136. The highest BCUT2D eigenvalue weighted by Crippen LogP contribution is 2.25. The number of hydrogen-bond acceptors (Lipinski definition) is 4. The average Bonchev–Trinajstić information content (AvgIpc) is 2.51. The van der Waals surface area contributed by atoms with Crippen LogP contribution in [0.1, 0.15) is 34.1 Å². The standard InChI is InChI=1S/C18H28N2O4/c1-6-20(13-16(21)19-18(2,3)4)17(22)11-12-24-15-10-8-7-9-14(15)23-5/h7-10H,6,11-13H2,1-5H3,(H,19,21). The molecule has 0 bridgehead atoms. The van der Waals surface area contributed by atoms with Crippen LogP contribution in [-0.4, -0.2) is 49.1 Å². The Morgan fingerprint density at radius 2 is 1.79 bits per heavy atom. The predicted octanol–water partition coefficient (Wildman–Crippen LogP) is 2.23. The summed E-state index contributed by atoms with van der Waals surface area (Å²) in [4.78, 5) is 25.7. The van der Waals surface area contributed by atoms with Crippen LogP contribution in [0.2, 0.25) is 0 Å². The maximum Gasteiger partial charge on any atom is 0.240 e. The minimum absolute atomic E-state index is 0.0568. The Morgan fingerprint density at radius 1 is 1.17 bits per heavy atom. The fourth-order valence-corrected chi connectivity index (χ4v) is 2.15. The summed E-state index contributed by atoms with van der Waals surface area (Å²) >= 11 is 0. The quantitative estimate of drug-likeness (QED) is 0.790. The van der Waals surface area contributed by atoms with E-state index >= 15 is 0 Å². The second-order valence-corrected chi connectivity index (χ2v) is 6.46. The van der Waals surface area contributed by atoms with Gasteiger partial charge in [0.25, 0.3) is 0 Å². The van der Waals surface area contributed by atoms with E-state index in [1.54, 1.807) is 19.2 Å². The van der Waals surface area contributed by atoms with Crippen LogP contribution >= 0.6 is 0 Å². The van der Waals surface area contributed by atoms with Crippen LogP contribution in [0, 0.1) is 0 Å². The molecule has 0 heterocycles. The molecule has 1 aromatic rings. The van der Waals surface area contributed by atoms with Gasteiger partial charge in [-0.3, -0.25) is 9.59 Å². The van der Waals surface area contributed by atoms with Crippen molar-refractivity contribution in [1.82, 2.24) is 10.2 Å². The first kappa shape index (κ1) is 19.8. The Hall–Kier alpha value is -2.24. The first-order valence-electron chi connectivity index (χ1n) is 8.11. The summed E-state index contributed by atoms with van der Waals surface area (Å²) in [5.74, 6) is 0.947. The smallest absolute Gasteiger partial charge is 0.240 e. The first-order valence-corrected chi connectivity index (χ1v) is 8.11. The molecule has 0 aliphatic heterocycles. The molecule has 1 rings (SSSR count). The molecule has 0 aliphatic rings.